The highest BCUT2D eigenvalue weighted by Crippen LogP contribution is 2.34. The van der Waals surface area contributed by atoms with Gasteiger partial charge in [-0.05, 0) is 19.8 Å². The molecule has 3 heteroatoms. The molecule has 0 radical (unpaired) electrons. The molecule has 0 saturated carbocycles. The monoisotopic (exact) mass is 169 g/mol. The molecule has 0 aromatic heterocycles. The van der Waals surface area contributed by atoms with Crippen molar-refractivity contribution in [3.05, 3.63) is 0 Å². The highest BCUT2D eigenvalue weighted by atomic mass is 16.7. The Kier molecular flexibility index (Phi) is 1.93. The maximum Gasteiger partial charge on any atom is 0.153 e. The summed E-state index contributed by atoms with van der Waals surface area (Å²) in [5.41, 5.74) is -0.533. The van der Waals surface area contributed by atoms with Gasteiger partial charge in [-0.25, -0.2) is 0 Å². The van der Waals surface area contributed by atoms with Crippen molar-refractivity contribution < 1.29 is 9.63 Å². The predicted octanol–water partition coefficient (Wildman–Crippen LogP) is 1.13. The number of aldehydes is 1. The average molecular weight is 169 g/mol. The van der Waals surface area contributed by atoms with Crippen molar-refractivity contribution in [3.63, 3.8) is 0 Å². The van der Waals surface area contributed by atoms with E-state index in [1.807, 2.05) is 12.0 Å². The molecular formula is C9H15NO2. The number of hydrogen-bond donors (Lipinski definition) is 0. The number of carbonyl (C=O) groups is 1. The summed E-state index contributed by atoms with van der Waals surface area (Å²) in [6.45, 7) is 2.87. The number of rotatable bonds is 1. The van der Waals surface area contributed by atoms with Gasteiger partial charge in [-0.1, -0.05) is 6.42 Å². The summed E-state index contributed by atoms with van der Waals surface area (Å²) >= 11 is 0. The van der Waals surface area contributed by atoms with Crippen LogP contribution in [0.1, 0.15) is 32.6 Å². The van der Waals surface area contributed by atoms with Crippen LogP contribution >= 0.6 is 0 Å². The van der Waals surface area contributed by atoms with Crippen LogP contribution in [0.3, 0.4) is 0 Å². The van der Waals surface area contributed by atoms with Crippen molar-refractivity contribution in [2.45, 2.75) is 44.2 Å². The normalized spacial score (nSPS) is 42.6. The Hall–Kier alpha value is -0.410. The molecule has 2 aliphatic heterocycles. The van der Waals surface area contributed by atoms with E-state index in [4.69, 9.17) is 4.84 Å². The van der Waals surface area contributed by atoms with Crippen LogP contribution in [0, 0.1) is 0 Å². The second-order valence-corrected chi connectivity index (χ2v) is 4.02. The van der Waals surface area contributed by atoms with Gasteiger partial charge >= 0.3 is 0 Å². The largest absolute Gasteiger partial charge is 0.300 e. The first kappa shape index (κ1) is 8.20. The van der Waals surface area contributed by atoms with E-state index in [1.54, 1.807) is 0 Å². The number of fused-ring (bicyclic) bond motifs is 1. The van der Waals surface area contributed by atoms with E-state index < -0.39 is 5.60 Å². The highest BCUT2D eigenvalue weighted by Gasteiger charge is 2.42. The van der Waals surface area contributed by atoms with E-state index >= 15 is 0 Å². The zero-order chi connectivity index (χ0) is 8.60. The smallest absolute Gasteiger partial charge is 0.153 e. The van der Waals surface area contributed by atoms with Crippen LogP contribution in [0.25, 0.3) is 0 Å². The lowest BCUT2D eigenvalue weighted by molar-refractivity contribution is -0.200. The Labute approximate surface area is 72.6 Å². The average Bonchev–Trinajstić information content (AvgIpc) is 2.42. The van der Waals surface area contributed by atoms with Gasteiger partial charge in [0.25, 0.3) is 0 Å². The third-order valence-electron chi connectivity index (χ3n) is 2.79. The van der Waals surface area contributed by atoms with Crippen molar-refractivity contribution in [2.24, 2.45) is 0 Å². The minimum atomic E-state index is -0.533. The van der Waals surface area contributed by atoms with Gasteiger partial charge in [0.15, 0.2) is 6.29 Å². The molecule has 2 aliphatic rings. The molecule has 0 bridgehead atoms. The summed E-state index contributed by atoms with van der Waals surface area (Å²) in [4.78, 5) is 16.3. The zero-order valence-electron chi connectivity index (χ0n) is 7.45. The molecule has 2 atom stereocenters. The first-order valence-corrected chi connectivity index (χ1v) is 4.66. The van der Waals surface area contributed by atoms with Gasteiger partial charge in [-0.3, -0.25) is 4.84 Å². The van der Waals surface area contributed by atoms with Crippen LogP contribution in [0.15, 0.2) is 0 Å². The fraction of sp³-hybridized carbons (Fsp3) is 0.889. The zero-order valence-corrected chi connectivity index (χ0v) is 7.45. The Balaban J connectivity index is 2.07. The van der Waals surface area contributed by atoms with Crippen LogP contribution in [0.2, 0.25) is 0 Å². The van der Waals surface area contributed by atoms with E-state index in [0.717, 1.165) is 19.3 Å². The van der Waals surface area contributed by atoms with E-state index in [9.17, 15) is 4.79 Å². The first-order chi connectivity index (χ1) is 5.73. The second kappa shape index (κ2) is 2.82. The molecular weight excluding hydrogens is 154 g/mol. The number of piperidine rings is 1. The molecule has 3 nitrogen and oxygen atoms in total. The Bertz CT molecular complexity index is 179. The quantitative estimate of drug-likeness (QED) is 0.551. The van der Waals surface area contributed by atoms with Gasteiger partial charge in [0.2, 0.25) is 0 Å². The number of hydrogen-bond acceptors (Lipinski definition) is 3. The minimum absolute atomic E-state index is 0.494. The Morgan fingerprint density at radius 3 is 3.08 bits per heavy atom. The number of hydroxylamine groups is 2. The van der Waals surface area contributed by atoms with Gasteiger partial charge in [-0.2, -0.15) is 5.06 Å². The van der Waals surface area contributed by atoms with E-state index in [2.05, 4.69) is 0 Å². The van der Waals surface area contributed by atoms with Gasteiger partial charge in [-0.15, -0.1) is 0 Å². The predicted molar refractivity (Wildman–Crippen MR) is 44.5 cm³/mol. The molecule has 68 valence electrons. The van der Waals surface area contributed by atoms with Crippen molar-refractivity contribution in [2.75, 3.05) is 6.54 Å². The van der Waals surface area contributed by atoms with Crippen LogP contribution in [-0.2, 0) is 9.63 Å². The summed E-state index contributed by atoms with van der Waals surface area (Å²) in [5, 5.41) is 2.00. The molecule has 2 heterocycles. The molecule has 12 heavy (non-hydrogen) atoms. The van der Waals surface area contributed by atoms with Crippen LogP contribution in [0.4, 0.5) is 0 Å². The van der Waals surface area contributed by atoms with Gasteiger partial charge in [0.1, 0.15) is 5.60 Å². The molecule has 2 saturated heterocycles. The van der Waals surface area contributed by atoms with Crippen molar-refractivity contribution in [3.8, 4) is 0 Å². The summed E-state index contributed by atoms with van der Waals surface area (Å²) in [6.07, 6.45) is 5.47. The van der Waals surface area contributed by atoms with E-state index in [0.29, 0.717) is 6.04 Å². The molecule has 0 aliphatic carbocycles. The number of carbonyl (C=O) groups excluding carboxylic acids is 1. The molecule has 0 unspecified atom stereocenters. The molecule has 0 aromatic rings. The molecule has 2 rings (SSSR count). The third-order valence-corrected chi connectivity index (χ3v) is 2.79. The van der Waals surface area contributed by atoms with E-state index in [1.165, 1.54) is 19.3 Å². The lowest BCUT2D eigenvalue weighted by Crippen LogP contribution is -2.33. The molecule has 0 N–H and O–H groups in total. The van der Waals surface area contributed by atoms with Gasteiger partial charge in [0.05, 0.1) is 0 Å². The third kappa shape index (κ3) is 1.27. The van der Waals surface area contributed by atoms with Crippen molar-refractivity contribution >= 4 is 6.29 Å². The lowest BCUT2D eigenvalue weighted by atomic mass is 9.95. The minimum Gasteiger partial charge on any atom is -0.300 e. The molecule has 2 fully saturated rings. The molecule has 0 amide bonds. The van der Waals surface area contributed by atoms with Crippen molar-refractivity contribution in [1.82, 2.24) is 5.06 Å². The first-order valence-electron chi connectivity index (χ1n) is 4.66. The highest BCUT2D eigenvalue weighted by molar-refractivity contribution is 5.62. The topological polar surface area (TPSA) is 29.5 Å². The Morgan fingerprint density at radius 1 is 1.58 bits per heavy atom. The molecule has 0 spiro atoms. The summed E-state index contributed by atoms with van der Waals surface area (Å²) in [5.74, 6) is 0. The van der Waals surface area contributed by atoms with Gasteiger partial charge in [0, 0.05) is 19.0 Å². The van der Waals surface area contributed by atoms with E-state index in [-0.39, 0.29) is 0 Å². The lowest BCUT2D eigenvalue weighted by Gasteiger charge is -2.27. The fourth-order valence-corrected chi connectivity index (χ4v) is 2.14. The number of nitrogens with zero attached hydrogens (tertiary/aromatic N) is 1. The SMILES string of the molecule is C[C@]1(C=O)C[C@H]2CCCCN2O1. The molecule has 0 aromatic carbocycles. The van der Waals surface area contributed by atoms with Crippen LogP contribution in [-0.4, -0.2) is 29.5 Å². The Morgan fingerprint density at radius 2 is 2.42 bits per heavy atom. The van der Waals surface area contributed by atoms with Crippen molar-refractivity contribution in [1.29, 1.82) is 0 Å². The maximum atomic E-state index is 10.7. The maximum absolute atomic E-state index is 10.7. The standard InChI is InChI=1S/C9H15NO2/c1-9(7-11)6-8-4-2-3-5-10(8)12-9/h7-8H,2-6H2,1H3/t8-,9-/m1/s1. The van der Waals surface area contributed by atoms with Crippen LogP contribution in [0.5, 0.6) is 0 Å². The van der Waals surface area contributed by atoms with Gasteiger partial charge < -0.3 is 4.79 Å². The summed E-state index contributed by atoms with van der Waals surface area (Å²) < 4.78 is 0. The second-order valence-electron chi connectivity index (χ2n) is 4.02. The fourth-order valence-electron chi connectivity index (χ4n) is 2.14. The summed E-state index contributed by atoms with van der Waals surface area (Å²) in [7, 11) is 0. The van der Waals surface area contributed by atoms with Crippen LogP contribution < -0.4 is 0 Å². The summed E-state index contributed by atoms with van der Waals surface area (Å²) in [6, 6.07) is 0.494.